The summed E-state index contributed by atoms with van der Waals surface area (Å²) in [6.45, 7) is 9.31. The molecule has 0 aromatic heterocycles. The van der Waals surface area contributed by atoms with Gasteiger partial charge in [-0.3, -0.25) is 0 Å². The van der Waals surface area contributed by atoms with Crippen LogP contribution in [-0.4, -0.2) is 0 Å². The Kier molecular flexibility index (Phi) is 3.12. The van der Waals surface area contributed by atoms with Gasteiger partial charge in [0.25, 0.3) is 0 Å². The minimum Gasteiger partial charge on any atom is -0.0840 e. The van der Waals surface area contributed by atoms with Crippen molar-refractivity contribution in [2.24, 2.45) is 0 Å². The van der Waals surface area contributed by atoms with Gasteiger partial charge in [-0.15, -0.1) is 0 Å². The summed E-state index contributed by atoms with van der Waals surface area (Å²) in [6.07, 6.45) is 1.04. The molecule has 2 aliphatic carbocycles. The zero-order valence-electron chi connectivity index (χ0n) is 15.8. The first-order valence-electron chi connectivity index (χ1n) is 9.48. The highest BCUT2D eigenvalue weighted by atomic mass is 35.5. The lowest BCUT2D eigenvalue weighted by atomic mass is 9.76. The molecule has 0 bridgehead atoms. The highest BCUT2D eigenvalue weighted by Gasteiger charge is 2.43. The summed E-state index contributed by atoms with van der Waals surface area (Å²) in [4.78, 5) is 0. The van der Waals surface area contributed by atoms with Crippen LogP contribution in [0, 0.1) is 0 Å². The summed E-state index contributed by atoms with van der Waals surface area (Å²) >= 11 is 6.69. The molecule has 0 N–H and O–H groups in total. The van der Waals surface area contributed by atoms with Crippen LogP contribution in [-0.2, 0) is 10.8 Å². The second kappa shape index (κ2) is 5.02. The molecule has 130 valence electrons. The number of fused-ring (bicyclic) bond motifs is 6. The molecule has 1 atom stereocenters. The zero-order chi connectivity index (χ0) is 18.3. The number of hydrogen-bond acceptors (Lipinski definition) is 0. The van der Waals surface area contributed by atoms with Gasteiger partial charge >= 0.3 is 0 Å². The lowest BCUT2D eigenvalue weighted by Crippen LogP contribution is -2.20. The van der Waals surface area contributed by atoms with Crippen molar-refractivity contribution in [1.82, 2.24) is 0 Å². The second-order valence-electron chi connectivity index (χ2n) is 8.46. The number of halogens is 1. The van der Waals surface area contributed by atoms with Gasteiger partial charge in [0.1, 0.15) is 0 Å². The standard InChI is InChI=1S/C25H23Cl/c1-5-25(4)21-14-17-15-9-6-7-11-19(15)24(2,3)20(17)13-18(21)16-10-8-12-22(26)23(16)25/h6-14H,5H2,1-4H3. The largest absolute Gasteiger partial charge is 0.0840 e. The van der Waals surface area contributed by atoms with Gasteiger partial charge in [0.2, 0.25) is 0 Å². The van der Waals surface area contributed by atoms with Crippen molar-refractivity contribution < 1.29 is 0 Å². The molecule has 0 nitrogen and oxygen atoms in total. The van der Waals surface area contributed by atoms with E-state index in [1.54, 1.807) is 0 Å². The van der Waals surface area contributed by atoms with Crippen molar-refractivity contribution in [3.05, 3.63) is 81.9 Å². The Balaban J connectivity index is 1.88. The van der Waals surface area contributed by atoms with E-state index < -0.39 is 0 Å². The second-order valence-corrected chi connectivity index (χ2v) is 8.87. The fourth-order valence-corrected chi connectivity index (χ4v) is 5.62. The van der Waals surface area contributed by atoms with Crippen LogP contribution in [0.5, 0.6) is 0 Å². The van der Waals surface area contributed by atoms with Gasteiger partial charge in [-0.2, -0.15) is 0 Å². The lowest BCUT2D eigenvalue weighted by molar-refractivity contribution is 0.564. The van der Waals surface area contributed by atoms with E-state index in [1.807, 2.05) is 6.07 Å². The van der Waals surface area contributed by atoms with Gasteiger partial charge < -0.3 is 0 Å². The highest BCUT2D eigenvalue weighted by molar-refractivity contribution is 6.32. The molecule has 1 heteroatoms. The fourth-order valence-electron chi connectivity index (χ4n) is 5.24. The minimum atomic E-state index is -0.0281. The van der Waals surface area contributed by atoms with Gasteiger partial charge in [-0.1, -0.05) is 75.7 Å². The van der Waals surface area contributed by atoms with Crippen molar-refractivity contribution in [3.8, 4) is 22.3 Å². The number of rotatable bonds is 1. The Morgan fingerprint density at radius 2 is 1.38 bits per heavy atom. The molecule has 5 rings (SSSR count). The zero-order valence-corrected chi connectivity index (χ0v) is 16.5. The van der Waals surface area contributed by atoms with Crippen LogP contribution in [0.2, 0.25) is 5.02 Å². The third-order valence-corrected chi connectivity index (χ3v) is 7.19. The Labute approximate surface area is 160 Å². The van der Waals surface area contributed by atoms with Gasteiger partial charge in [0.05, 0.1) is 0 Å². The maximum atomic E-state index is 6.69. The first kappa shape index (κ1) is 16.1. The van der Waals surface area contributed by atoms with Crippen LogP contribution in [0.3, 0.4) is 0 Å². The maximum Gasteiger partial charge on any atom is 0.0453 e. The first-order valence-corrected chi connectivity index (χ1v) is 9.85. The summed E-state index contributed by atoms with van der Waals surface area (Å²) in [5.74, 6) is 0. The molecule has 0 aliphatic heterocycles. The minimum absolute atomic E-state index is 0.0281. The lowest BCUT2D eigenvalue weighted by Gasteiger charge is -2.27. The van der Waals surface area contributed by atoms with Gasteiger partial charge in [-0.25, -0.2) is 0 Å². The molecule has 0 spiro atoms. The molecule has 0 radical (unpaired) electrons. The number of benzene rings is 3. The van der Waals surface area contributed by atoms with E-state index in [1.165, 1.54) is 44.5 Å². The average molecular weight is 359 g/mol. The van der Waals surface area contributed by atoms with E-state index >= 15 is 0 Å². The van der Waals surface area contributed by atoms with Crippen molar-refractivity contribution in [2.45, 2.75) is 44.9 Å². The predicted octanol–water partition coefficient (Wildman–Crippen LogP) is 7.34. The van der Waals surface area contributed by atoms with E-state index in [0.29, 0.717) is 0 Å². The normalized spacial score (nSPS) is 21.1. The van der Waals surface area contributed by atoms with Crippen LogP contribution in [0.1, 0.15) is 56.4 Å². The van der Waals surface area contributed by atoms with Crippen molar-refractivity contribution in [2.75, 3.05) is 0 Å². The quantitative estimate of drug-likeness (QED) is 0.426. The Bertz CT molecular complexity index is 1070. The average Bonchev–Trinajstić information content (AvgIpc) is 3.03. The highest BCUT2D eigenvalue weighted by Crippen LogP contribution is 2.57. The van der Waals surface area contributed by atoms with Crippen molar-refractivity contribution >= 4 is 11.6 Å². The molecule has 0 amide bonds. The molecular formula is C25H23Cl. The fraction of sp³-hybridized carbons (Fsp3) is 0.280. The molecule has 2 aliphatic rings. The van der Waals surface area contributed by atoms with E-state index in [2.05, 4.69) is 76.2 Å². The topological polar surface area (TPSA) is 0 Å². The third kappa shape index (κ3) is 1.76. The summed E-state index contributed by atoms with van der Waals surface area (Å²) < 4.78 is 0. The summed E-state index contributed by atoms with van der Waals surface area (Å²) in [5, 5.41) is 0.892. The van der Waals surface area contributed by atoms with Crippen LogP contribution in [0.25, 0.3) is 22.3 Å². The van der Waals surface area contributed by atoms with Crippen LogP contribution in [0.4, 0.5) is 0 Å². The maximum absolute atomic E-state index is 6.69. The molecule has 3 aromatic rings. The molecule has 0 heterocycles. The predicted molar refractivity (Wildman–Crippen MR) is 111 cm³/mol. The van der Waals surface area contributed by atoms with E-state index in [-0.39, 0.29) is 10.8 Å². The molecule has 0 saturated heterocycles. The van der Waals surface area contributed by atoms with Crippen LogP contribution in [0.15, 0.2) is 54.6 Å². The van der Waals surface area contributed by atoms with E-state index in [9.17, 15) is 0 Å². The Morgan fingerprint density at radius 3 is 2.15 bits per heavy atom. The van der Waals surface area contributed by atoms with Crippen molar-refractivity contribution in [3.63, 3.8) is 0 Å². The van der Waals surface area contributed by atoms with Gasteiger partial charge in [-0.05, 0) is 69.1 Å². The van der Waals surface area contributed by atoms with E-state index in [0.717, 1.165) is 11.4 Å². The Hall–Kier alpha value is -2.05. The SMILES string of the molecule is CCC1(C)c2cc3c(cc2-c2cccc(Cl)c21)C(C)(C)c1ccccc1-3. The molecule has 26 heavy (non-hydrogen) atoms. The smallest absolute Gasteiger partial charge is 0.0453 e. The van der Waals surface area contributed by atoms with Gasteiger partial charge in [0, 0.05) is 15.9 Å². The third-order valence-electron chi connectivity index (χ3n) is 6.88. The van der Waals surface area contributed by atoms with E-state index in [4.69, 9.17) is 11.6 Å². The summed E-state index contributed by atoms with van der Waals surface area (Å²) in [7, 11) is 0. The summed E-state index contributed by atoms with van der Waals surface area (Å²) in [6, 6.07) is 20.1. The van der Waals surface area contributed by atoms with Gasteiger partial charge in [0.15, 0.2) is 0 Å². The Morgan fingerprint density at radius 1 is 0.731 bits per heavy atom. The molecule has 3 aromatic carbocycles. The molecule has 1 unspecified atom stereocenters. The molecule has 0 saturated carbocycles. The molecule has 0 fully saturated rings. The number of hydrogen-bond donors (Lipinski definition) is 0. The summed E-state index contributed by atoms with van der Waals surface area (Å²) in [5.41, 5.74) is 11.1. The monoisotopic (exact) mass is 358 g/mol. The van der Waals surface area contributed by atoms with Crippen LogP contribution >= 0.6 is 11.6 Å². The van der Waals surface area contributed by atoms with Crippen LogP contribution < -0.4 is 0 Å². The first-order chi connectivity index (χ1) is 12.4. The van der Waals surface area contributed by atoms with Crippen molar-refractivity contribution in [1.29, 1.82) is 0 Å². The molecular weight excluding hydrogens is 336 g/mol.